The Hall–Kier alpha value is -2.10. The van der Waals surface area contributed by atoms with E-state index < -0.39 is 5.97 Å². The average Bonchev–Trinajstić information content (AvgIpc) is 2.85. The topological polar surface area (TPSA) is 66.4 Å². The summed E-state index contributed by atoms with van der Waals surface area (Å²) in [6.45, 7) is 2.59. The number of aromatic carboxylic acids is 1. The second-order valence-electron chi connectivity index (χ2n) is 5.12. The van der Waals surface area contributed by atoms with E-state index in [1.54, 1.807) is 24.3 Å². The SMILES string of the molecule is CC1=C(C(=O)NCCc2ccc(C(=O)O)cc2)CCC1. The number of amides is 1. The van der Waals surface area contributed by atoms with Gasteiger partial charge in [-0.05, 0) is 50.3 Å². The van der Waals surface area contributed by atoms with E-state index in [-0.39, 0.29) is 11.5 Å². The summed E-state index contributed by atoms with van der Waals surface area (Å²) in [4.78, 5) is 22.7. The standard InChI is InChI=1S/C16H19NO3/c1-11-3-2-4-14(11)15(18)17-10-9-12-5-7-13(8-6-12)16(19)20/h5-8H,2-4,9-10H2,1H3,(H,17,18)(H,19,20). The van der Waals surface area contributed by atoms with Gasteiger partial charge in [-0.1, -0.05) is 17.7 Å². The van der Waals surface area contributed by atoms with Crippen LogP contribution in [-0.4, -0.2) is 23.5 Å². The first-order valence-corrected chi connectivity index (χ1v) is 6.87. The molecule has 106 valence electrons. The third-order valence-electron chi connectivity index (χ3n) is 3.67. The highest BCUT2D eigenvalue weighted by molar-refractivity contribution is 5.94. The Labute approximate surface area is 118 Å². The van der Waals surface area contributed by atoms with Gasteiger partial charge in [0.1, 0.15) is 0 Å². The third-order valence-corrected chi connectivity index (χ3v) is 3.67. The Kier molecular flexibility index (Phi) is 4.56. The van der Waals surface area contributed by atoms with Gasteiger partial charge in [0.25, 0.3) is 0 Å². The molecule has 0 bridgehead atoms. The molecule has 2 rings (SSSR count). The molecule has 0 unspecified atom stereocenters. The first-order chi connectivity index (χ1) is 9.58. The number of hydrogen-bond donors (Lipinski definition) is 2. The van der Waals surface area contributed by atoms with E-state index in [1.807, 2.05) is 6.92 Å². The number of allylic oxidation sites excluding steroid dienone is 1. The number of rotatable bonds is 5. The fourth-order valence-electron chi connectivity index (χ4n) is 2.44. The molecule has 1 amide bonds. The van der Waals surface area contributed by atoms with Gasteiger partial charge in [0.15, 0.2) is 0 Å². The molecule has 0 aliphatic heterocycles. The maximum Gasteiger partial charge on any atom is 0.335 e. The second-order valence-corrected chi connectivity index (χ2v) is 5.12. The molecular weight excluding hydrogens is 254 g/mol. The predicted molar refractivity (Wildman–Crippen MR) is 76.7 cm³/mol. The van der Waals surface area contributed by atoms with Crippen molar-refractivity contribution in [1.29, 1.82) is 0 Å². The quantitative estimate of drug-likeness (QED) is 0.866. The molecule has 20 heavy (non-hydrogen) atoms. The summed E-state index contributed by atoms with van der Waals surface area (Å²) in [5.41, 5.74) is 3.44. The lowest BCUT2D eigenvalue weighted by atomic mass is 10.1. The van der Waals surface area contributed by atoms with Crippen molar-refractivity contribution in [2.24, 2.45) is 0 Å². The largest absolute Gasteiger partial charge is 0.478 e. The first-order valence-electron chi connectivity index (χ1n) is 6.87. The number of nitrogens with one attached hydrogen (secondary N) is 1. The van der Waals surface area contributed by atoms with E-state index in [1.165, 1.54) is 5.57 Å². The molecule has 1 aromatic carbocycles. The minimum Gasteiger partial charge on any atom is -0.478 e. The molecule has 0 saturated carbocycles. The lowest BCUT2D eigenvalue weighted by Gasteiger charge is -2.07. The zero-order valence-electron chi connectivity index (χ0n) is 11.6. The summed E-state index contributed by atoms with van der Waals surface area (Å²) in [5.74, 6) is -0.879. The molecule has 0 heterocycles. The van der Waals surface area contributed by atoms with E-state index in [9.17, 15) is 9.59 Å². The van der Waals surface area contributed by atoms with Crippen molar-refractivity contribution in [1.82, 2.24) is 5.32 Å². The molecule has 2 N–H and O–H groups in total. The predicted octanol–water partition coefficient (Wildman–Crippen LogP) is 2.54. The highest BCUT2D eigenvalue weighted by Gasteiger charge is 2.17. The lowest BCUT2D eigenvalue weighted by Crippen LogP contribution is -2.27. The van der Waals surface area contributed by atoms with Crippen LogP contribution >= 0.6 is 0 Å². The van der Waals surface area contributed by atoms with E-state index in [2.05, 4.69) is 5.32 Å². The Morgan fingerprint density at radius 2 is 1.90 bits per heavy atom. The van der Waals surface area contributed by atoms with Crippen LogP contribution in [0.25, 0.3) is 0 Å². The Bertz CT molecular complexity index is 543. The van der Waals surface area contributed by atoms with Crippen LogP contribution in [0, 0.1) is 0 Å². The van der Waals surface area contributed by atoms with E-state index >= 15 is 0 Å². The summed E-state index contributed by atoms with van der Waals surface area (Å²) in [5, 5.41) is 11.7. The maximum atomic E-state index is 11.9. The molecule has 1 aliphatic rings. The monoisotopic (exact) mass is 273 g/mol. The molecule has 0 fully saturated rings. The zero-order valence-corrected chi connectivity index (χ0v) is 11.6. The number of carbonyl (C=O) groups excluding carboxylic acids is 1. The Morgan fingerprint density at radius 3 is 2.45 bits per heavy atom. The number of benzene rings is 1. The summed E-state index contributed by atoms with van der Waals surface area (Å²) < 4.78 is 0. The van der Waals surface area contributed by atoms with Gasteiger partial charge in [-0.2, -0.15) is 0 Å². The summed E-state index contributed by atoms with van der Waals surface area (Å²) in [6, 6.07) is 6.75. The number of carbonyl (C=O) groups is 2. The Balaban J connectivity index is 1.82. The second kappa shape index (κ2) is 6.37. The number of carboxylic acids is 1. The van der Waals surface area contributed by atoms with Gasteiger partial charge < -0.3 is 10.4 Å². The molecule has 0 radical (unpaired) electrons. The van der Waals surface area contributed by atoms with Crippen molar-refractivity contribution in [3.63, 3.8) is 0 Å². The number of carboxylic acid groups (broad SMARTS) is 1. The van der Waals surface area contributed by atoms with Crippen LogP contribution in [-0.2, 0) is 11.2 Å². The third kappa shape index (κ3) is 3.47. The van der Waals surface area contributed by atoms with Crippen LogP contribution in [0.1, 0.15) is 42.1 Å². The number of hydrogen-bond acceptors (Lipinski definition) is 2. The Morgan fingerprint density at radius 1 is 1.20 bits per heavy atom. The van der Waals surface area contributed by atoms with Gasteiger partial charge in [0.05, 0.1) is 5.56 Å². The maximum absolute atomic E-state index is 11.9. The van der Waals surface area contributed by atoms with Crippen molar-refractivity contribution in [3.8, 4) is 0 Å². The van der Waals surface area contributed by atoms with Gasteiger partial charge in [-0.15, -0.1) is 0 Å². The summed E-state index contributed by atoms with van der Waals surface area (Å²) in [6.07, 6.45) is 3.69. The highest BCUT2D eigenvalue weighted by atomic mass is 16.4. The average molecular weight is 273 g/mol. The fourth-order valence-corrected chi connectivity index (χ4v) is 2.44. The summed E-state index contributed by atoms with van der Waals surface area (Å²) >= 11 is 0. The van der Waals surface area contributed by atoms with Gasteiger partial charge in [-0.3, -0.25) is 4.79 Å². The van der Waals surface area contributed by atoms with Gasteiger partial charge in [0, 0.05) is 12.1 Å². The van der Waals surface area contributed by atoms with E-state index in [4.69, 9.17) is 5.11 Å². The van der Waals surface area contributed by atoms with E-state index in [0.29, 0.717) is 13.0 Å². The van der Waals surface area contributed by atoms with E-state index in [0.717, 1.165) is 30.4 Å². The molecule has 0 aromatic heterocycles. The molecule has 0 spiro atoms. The normalized spacial score (nSPS) is 14.4. The molecule has 0 saturated heterocycles. The van der Waals surface area contributed by atoms with Crippen molar-refractivity contribution < 1.29 is 14.7 Å². The minimum atomic E-state index is -0.923. The zero-order chi connectivity index (χ0) is 14.5. The summed E-state index contributed by atoms with van der Waals surface area (Å²) in [7, 11) is 0. The molecule has 4 nitrogen and oxygen atoms in total. The van der Waals surface area contributed by atoms with Gasteiger partial charge in [0.2, 0.25) is 5.91 Å². The molecule has 0 atom stereocenters. The van der Waals surface area contributed by atoms with Crippen LogP contribution in [0.5, 0.6) is 0 Å². The van der Waals surface area contributed by atoms with Crippen LogP contribution in [0.4, 0.5) is 0 Å². The first kappa shape index (κ1) is 14.3. The highest BCUT2D eigenvalue weighted by Crippen LogP contribution is 2.25. The van der Waals surface area contributed by atoms with Crippen molar-refractivity contribution in [3.05, 3.63) is 46.5 Å². The smallest absolute Gasteiger partial charge is 0.335 e. The van der Waals surface area contributed by atoms with Crippen LogP contribution in [0.15, 0.2) is 35.4 Å². The minimum absolute atomic E-state index is 0.0437. The lowest BCUT2D eigenvalue weighted by molar-refractivity contribution is -0.117. The molecule has 1 aromatic rings. The molecule has 1 aliphatic carbocycles. The van der Waals surface area contributed by atoms with Gasteiger partial charge in [-0.25, -0.2) is 4.79 Å². The van der Waals surface area contributed by atoms with Crippen LogP contribution in [0.2, 0.25) is 0 Å². The van der Waals surface area contributed by atoms with Crippen molar-refractivity contribution >= 4 is 11.9 Å². The molecular formula is C16H19NO3. The fraction of sp³-hybridized carbons (Fsp3) is 0.375. The van der Waals surface area contributed by atoms with Crippen LogP contribution < -0.4 is 5.32 Å². The van der Waals surface area contributed by atoms with Crippen molar-refractivity contribution in [2.75, 3.05) is 6.54 Å². The van der Waals surface area contributed by atoms with Crippen molar-refractivity contribution in [2.45, 2.75) is 32.6 Å². The van der Waals surface area contributed by atoms with Gasteiger partial charge >= 0.3 is 5.97 Å². The molecule has 4 heteroatoms. The van der Waals surface area contributed by atoms with Crippen LogP contribution in [0.3, 0.4) is 0 Å².